The van der Waals surface area contributed by atoms with Crippen molar-refractivity contribution in [3.05, 3.63) is 101 Å². The summed E-state index contributed by atoms with van der Waals surface area (Å²) in [5.41, 5.74) is 4.78. The van der Waals surface area contributed by atoms with Crippen molar-refractivity contribution in [1.29, 1.82) is 0 Å². The molecule has 7 rings (SSSR count). The van der Waals surface area contributed by atoms with E-state index in [0.717, 1.165) is 22.3 Å². The number of esters is 2. The molecule has 4 aliphatic rings. The maximum absolute atomic E-state index is 13.6. The number of likely N-dealkylation sites (tertiary alicyclic amines) is 1. The number of carbonyl (C=O) groups excluding carboxylic acids is 4. The average Bonchev–Trinajstić information content (AvgIpc) is 3.17. The Hall–Kier alpha value is -4.26. The fourth-order valence-corrected chi connectivity index (χ4v) is 6.12. The molecule has 0 N–H and O–H groups in total. The molecule has 1 heterocycles. The number of carbonyl (C=O) groups is 4. The maximum Gasteiger partial charge on any atom is 0.337 e. The molecule has 36 heavy (non-hydrogen) atoms. The molecule has 3 aliphatic carbocycles. The first-order chi connectivity index (χ1) is 17.5. The van der Waals surface area contributed by atoms with Crippen LogP contribution in [0.2, 0.25) is 0 Å². The highest BCUT2D eigenvalue weighted by atomic mass is 16.5. The largest absolute Gasteiger partial charge is 0.465 e. The number of hydrogen-bond acceptors (Lipinski definition) is 6. The van der Waals surface area contributed by atoms with Crippen LogP contribution in [0.15, 0.2) is 72.8 Å². The summed E-state index contributed by atoms with van der Waals surface area (Å²) in [7, 11) is 1.29. The molecular formula is C29H23NO6. The van der Waals surface area contributed by atoms with E-state index in [0.29, 0.717) is 5.56 Å². The molecule has 0 spiro atoms. The van der Waals surface area contributed by atoms with Crippen molar-refractivity contribution in [2.45, 2.75) is 18.3 Å². The standard InChI is InChI=1S/C29H23NO6/c1-35-29(34)16-10-12-17(13-11-16)36-22(31)14-15-30-27(32)25-23-18-6-2-3-7-19(18)24(26(25)28(30)33)21-9-5-4-8-20(21)23/h2-13,23-26H,14-15H2,1H3/t23?,24?,25-,26-/m1/s1. The van der Waals surface area contributed by atoms with Gasteiger partial charge in [0.2, 0.25) is 11.8 Å². The Morgan fingerprint density at radius 1 is 0.750 bits per heavy atom. The Kier molecular flexibility index (Phi) is 5.21. The van der Waals surface area contributed by atoms with E-state index in [1.807, 2.05) is 24.3 Å². The van der Waals surface area contributed by atoms with E-state index in [1.165, 1.54) is 36.3 Å². The molecule has 0 saturated carbocycles. The number of benzene rings is 3. The van der Waals surface area contributed by atoms with E-state index in [-0.39, 0.29) is 42.4 Å². The summed E-state index contributed by atoms with van der Waals surface area (Å²) in [6.07, 6.45) is -0.120. The van der Waals surface area contributed by atoms with Crippen LogP contribution in [0, 0.1) is 11.8 Å². The van der Waals surface area contributed by atoms with Crippen molar-refractivity contribution < 1.29 is 28.7 Å². The van der Waals surface area contributed by atoms with Crippen LogP contribution in [-0.2, 0) is 19.1 Å². The zero-order chi connectivity index (χ0) is 25.0. The highest BCUT2D eigenvalue weighted by molar-refractivity contribution is 6.08. The van der Waals surface area contributed by atoms with Crippen LogP contribution < -0.4 is 4.74 Å². The van der Waals surface area contributed by atoms with E-state index in [9.17, 15) is 19.2 Å². The van der Waals surface area contributed by atoms with E-state index >= 15 is 0 Å². The van der Waals surface area contributed by atoms with Crippen LogP contribution in [0.5, 0.6) is 5.75 Å². The zero-order valence-corrected chi connectivity index (χ0v) is 19.5. The van der Waals surface area contributed by atoms with Gasteiger partial charge in [-0.1, -0.05) is 48.5 Å². The lowest BCUT2D eigenvalue weighted by atomic mass is 9.55. The number of amides is 2. The highest BCUT2D eigenvalue weighted by Gasteiger charge is 2.61. The van der Waals surface area contributed by atoms with Gasteiger partial charge in [-0.15, -0.1) is 0 Å². The van der Waals surface area contributed by atoms with E-state index in [1.54, 1.807) is 0 Å². The fourth-order valence-electron chi connectivity index (χ4n) is 6.12. The van der Waals surface area contributed by atoms with Gasteiger partial charge < -0.3 is 9.47 Å². The van der Waals surface area contributed by atoms with Crippen LogP contribution in [0.25, 0.3) is 0 Å². The molecule has 3 aromatic carbocycles. The third kappa shape index (κ3) is 3.26. The SMILES string of the molecule is COC(=O)c1ccc(OC(=O)CCN2C(=O)[C@@H]3C4c5ccccc5C(c5ccccc54)[C@H]3C2=O)cc1. The van der Waals surface area contributed by atoms with Crippen molar-refractivity contribution in [3.8, 4) is 5.75 Å². The molecule has 0 aromatic heterocycles. The molecule has 7 nitrogen and oxygen atoms in total. The Labute approximate surface area is 207 Å². The minimum Gasteiger partial charge on any atom is -0.465 e. The lowest BCUT2D eigenvalue weighted by Gasteiger charge is -2.45. The second-order valence-corrected chi connectivity index (χ2v) is 9.33. The van der Waals surface area contributed by atoms with Gasteiger partial charge in [-0.3, -0.25) is 19.3 Å². The second-order valence-electron chi connectivity index (χ2n) is 9.33. The molecule has 1 aliphatic heterocycles. The lowest BCUT2D eigenvalue weighted by Crippen LogP contribution is -2.41. The van der Waals surface area contributed by atoms with Crippen molar-refractivity contribution in [2.24, 2.45) is 11.8 Å². The molecule has 1 fully saturated rings. The van der Waals surface area contributed by atoms with Crippen molar-refractivity contribution in [1.82, 2.24) is 4.90 Å². The predicted octanol–water partition coefficient (Wildman–Crippen LogP) is 3.66. The van der Waals surface area contributed by atoms with E-state index < -0.39 is 23.8 Å². The third-order valence-corrected chi connectivity index (χ3v) is 7.59. The molecule has 0 unspecified atom stereocenters. The summed E-state index contributed by atoms with van der Waals surface area (Å²) in [5, 5.41) is 0. The summed E-state index contributed by atoms with van der Waals surface area (Å²) in [6.45, 7) is -0.0319. The maximum atomic E-state index is 13.6. The van der Waals surface area contributed by atoms with Gasteiger partial charge in [0, 0.05) is 18.4 Å². The second kappa shape index (κ2) is 8.45. The zero-order valence-electron chi connectivity index (χ0n) is 19.5. The summed E-state index contributed by atoms with van der Waals surface area (Å²) >= 11 is 0. The minimum atomic E-state index is -0.564. The Bertz CT molecular complexity index is 1300. The van der Waals surface area contributed by atoms with Gasteiger partial charge in [0.1, 0.15) is 5.75 Å². The number of ether oxygens (including phenoxy) is 2. The molecule has 3 aromatic rings. The number of methoxy groups -OCH3 is 1. The quantitative estimate of drug-likeness (QED) is 0.314. The molecular weight excluding hydrogens is 458 g/mol. The van der Waals surface area contributed by atoms with Crippen LogP contribution in [0.3, 0.4) is 0 Å². The van der Waals surface area contributed by atoms with Gasteiger partial charge in [-0.25, -0.2) is 4.79 Å². The summed E-state index contributed by atoms with van der Waals surface area (Å²) in [5.74, 6) is -2.50. The molecule has 7 heteroatoms. The molecule has 2 atom stereocenters. The lowest BCUT2D eigenvalue weighted by molar-refractivity contribution is -0.141. The fraction of sp³-hybridized carbons (Fsp3) is 0.241. The smallest absolute Gasteiger partial charge is 0.337 e. The van der Waals surface area contributed by atoms with Crippen LogP contribution in [-0.4, -0.2) is 42.3 Å². The Balaban J connectivity index is 1.20. The first kappa shape index (κ1) is 22.2. The summed E-state index contributed by atoms with van der Waals surface area (Å²) in [6, 6.07) is 22.1. The topological polar surface area (TPSA) is 90.0 Å². The predicted molar refractivity (Wildman–Crippen MR) is 128 cm³/mol. The highest BCUT2D eigenvalue weighted by Crippen LogP contribution is 2.60. The van der Waals surface area contributed by atoms with Gasteiger partial charge in [0.05, 0.1) is 30.9 Å². The van der Waals surface area contributed by atoms with Gasteiger partial charge >= 0.3 is 11.9 Å². The third-order valence-electron chi connectivity index (χ3n) is 7.59. The van der Waals surface area contributed by atoms with Gasteiger partial charge in [-0.05, 0) is 46.5 Å². The summed E-state index contributed by atoms with van der Waals surface area (Å²) < 4.78 is 10.0. The van der Waals surface area contributed by atoms with E-state index in [2.05, 4.69) is 29.0 Å². The van der Waals surface area contributed by atoms with Crippen LogP contribution in [0.4, 0.5) is 0 Å². The van der Waals surface area contributed by atoms with Crippen LogP contribution in [0.1, 0.15) is 50.9 Å². The average molecular weight is 482 g/mol. The van der Waals surface area contributed by atoms with Gasteiger partial charge in [-0.2, -0.15) is 0 Å². The Morgan fingerprint density at radius 3 is 1.67 bits per heavy atom. The van der Waals surface area contributed by atoms with Gasteiger partial charge in [0.15, 0.2) is 0 Å². The molecule has 180 valence electrons. The number of nitrogens with zero attached hydrogens (tertiary/aromatic N) is 1. The van der Waals surface area contributed by atoms with Crippen molar-refractivity contribution in [3.63, 3.8) is 0 Å². The van der Waals surface area contributed by atoms with E-state index in [4.69, 9.17) is 4.74 Å². The Morgan fingerprint density at radius 2 is 1.22 bits per heavy atom. The minimum absolute atomic E-state index is 0.0319. The monoisotopic (exact) mass is 481 g/mol. The number of hydrogen-bond donors (Lipinski definition) is 0. The van der Waals surface area contributed by atoms with Crippen molar-refractivity contribution >= 4 is 23.8 Å². The number of imide groups is 1. The molecule has 2 amide bonds. The van der Waals surface area contributed by atoms with Gasteiger partial charge in [0.25, 0.3) is 0 Å². The molecule has 2 bridgehead atoms. The first-order valence-corrected chi connectivity index (χ1v) is 11.9. The first-order valence-electron chi connectivity index (χ1n) is 11.9. The molecule has 0 radical (unpaired) electrons. The van der Waals surface area contributed by atoms with Crippen molar-refractivity contribution in [2.75, 3.05) is 13.7 Å². The van der Waals surface area contributed by atoms with Crippen LogP contribution >= 0.6 is 0 Å². The summed E-state index contributed by atoms with van der Waals surface area (Å²) in [4.78, 5) is 52.5. The normalized spacial score (nSPS) is 23.1. The number of rotatable bonds is 5. The molecule has 1 saturated heterocycles.